The van der Waals surface area contributed by atoms with E-state index in [0.717, 1.165) is 11.3 Å². The Hall–Kier alpha value is -3.98. The summed E-state index contributed by atoms with van der Waals surface area (Å²) < 4.78 is 17.4. The number of aryl methyl sites for hydroxylation is 1. The highest BCUT2D eigenvalue weighted by Crippen LogP contribution is 2.32. The SMILES string of the molecule is CCC(Oc1c(-c2ccccc2)oc2ccccc2c1=O)C(=O)Nc1nc(C)c(C(=O)OCC(C)C)s1. The first kappa shape index (κ1) is 26.1. The number of hydrogen-bond acceptors (Lipinski definition) is 8. The summed E-state index contributed by atoms with van der Waals surface area (Å²) >= 11 is 1.03. The van der Waals surface area contributed by atoms with Crippen LogP contribution in [-0.2, 0) is 9.53 Å². The minimum atomic E-state index is -1.01. The molecule has 0 aliphatic carbocycles. The summed E-state index contributed by atoms with van der Waals surface area (Å²) in [5.74, 6) is -0.568. The maximum atomic E-state index is 13.4. The molecule has 0 saturated heterocycles. The van der Waals surface area contributed by atoms with Gasteiger partial charge in [0.1, 0.15) is 10.5 Å². The van der Waals surface area contributed by atoms with Crippen LogP contribution in [0, 0.1) is 12.8 Å². The molecule has 4 aromatic rings. The van der Waals surface area contributed by atoms with Crippen molar-refractivity contribution in [2.75, 3.05) is 11.9 Å². The van der Waals surface area contributed by atoms with Crippen molar-refractivity contribution in [1.82, 2.24) is 4.98 Å². The molecule has 0 saturated carbocycles. The van der Waals surface area contributed by atoms with Gasteiger partial charge >= 0.3 is 5.97 Å². The van der Waals surface area contributed by atoms with Gasteiger partial charge in [0.25, 0.3) is 5.91 Å². The summed E-state index contributed by atoms with van der Waals surface area (Å²) in [5, 5.41) is 3.31. The lowest BCUT2D eigenvalue weighted by atomic mass is 10.1. The first-order valence-corrected chi connectivity index (χ1v) is 12.8. The minimum Gasteiger partial charge on any atom is -0.473 e. The molecule has 0 radical (unpaired) electrons. The fourth-order valence-corrected chi connectivity index (χ4v) is 4.47. The fourth-order valence-electron chi connectivity index (χ4n) is 3.61. The van der Waals surface area contributed by atoms with Gasteiger partial charge < -0.3 is 13.9 Å². The van der Waals surface area contributed by atoms with Gasteiger partial charge in [-0.1, -0.05) is 74.6 Å². The number of fused-ring (bicyclic) bond motifs is 1. The third-order valence-corrected chi connectivity index (χ3v) is 6.53. The maximum Gasteiger partial charge on any atom is 0.350 e. The number of hydrogen-bond donors (Lipinski definition) is 1. The van der Waals surface area contributed by atoms with Crippen molar-refractivity contribution in [1.29, 1.82) is 0 Å². The van der Waals surface area contributed by atoms with Crippen LogP contribution < -0.4 is 15.5 Å². The summed E-state index contributed by atoms with van der Waals surface area (Å²) in [7, 11) is 0. The minimum absolute atomic E-state index is 0.0415. The predicted octanol–water partition coefficient (Wildman–Crippen LogP) is 5.83. The van der Waals surface area contributed by atoms with Gasteiger partial charge in [0.15, 0.2) is 17.0 Å². The number of thiazole rings is 1. The Morgan fingerprint density at radius 2 is 1.78 bits per heavy atom. The number of carbonyl (C=O) groups is 2. The van der Waals surface area contributed by atoms with Crippen molar-refractivity contribution in [3.05, 3.63) is 75.4 Å². The lowest BCUT2D eigenvalue weighted by molar-refractivity contribution is -0.122. The second-order valence-corrected chi connectivity index (χ2v) is 9.88. The van der Waals surface area contributed by atoms with Crippen LogP contribution in [0.2, 0.25) is 0 Å². The van der Waals surface area contributed by atoms with Crippen LogP contribution in [0.1, 0.15) is 42.6 Å². The molecule has 0 fully saturated rings. The van der Waals surface area contributed by atoms with E-state index in [1.54, 1.807) is 50.2 Å². The molecule has 9 heteroatoms. The van der Waals surface area contributed by atoms with Gasteiger partial charge in [0.2, 0.25) is 11.2 Å². The summed E-state index contributed by atoms with van der Waals surface area (Å²) in [6.07, 6.45) is -0.730. The lowest BCUT2D eigenvalue weighted by Crippen LogP contribution is -2.34. The van der Waals surface area contributed by atoms with Gasteiger partial charge in [-0.2, -0.15) is 0 Å². The predicted molar refractivity (Wildman–Crippen MR) is 143 cm³/mol. The highest BCUT2D eigenvalue weighted by atomic mass is 32.1. The number of ether oxygens (including phenoxy) is 2. The number of carbonyl (C=O) groups excluding carboxylic acids is 2. The van der Waals surface area contributed by atoms with Crippen LogP contribution in [0.15, 0.2) is 63.8 Å². The average Bonchev–Trinajstić information content (AvgIpc) is 3.26. The zero-order valence-electron chi connectivity index (χ0n) is 21.1. The van der Waals surface area contributed by atoms with E-state index in [9.17, 15) is 14.4 Å². The van der Waals surface area contributed by atoms with Crippen molar-refractivity contribution < 1.29 is 23.5 Å². The van der Waals surface area contributed by atoms with Crippen LogP contribution in [0.5, 0.6) is 5.75 Å². The molecule has 1 unspecified atom stereocenters. The number of anilines is 1. The molecule has 37 heavy (non-hydrogen) atoms. The third-order valence-electron chi connectivity index (χ3n) is 5.48. The van der Waals surface area contributed by atoms with E-state index in [-0.39, 0.29) is 34.4 Å². The number of nitrogens with one attached hydrogen (secondary N) is 1. The molecule has 192 valence electrons. The van der Waals surface area contributed by atoms with Gasteiger partial charge in [-0.15, -0.1) is 0 Å². The van der Waals surface area contributed by atoms with Crippen molar-refractivity contribution in [2.24, 2.45) is 5.92 Å². The number of rotatable bonds is 9. The summed E-state index contributed by atoms with van der Waals surface area (Å²) in [5.41, 5.74) is 1.17. The van der Waals surface area contributed by atoms with Crippen molar-refractivity contribution in [3.8, 4) is 17.1 Å². The van der Waals surface area contributed by atoms with E-state index in [0.29, 0.717) is 33.7 Å². The Kier molecular flexibility index (Phi) is 8.03. The van der Waals surface area contributed by atoms with E-state index >= 15 is 0 Å². The van der Waals surface area contributed by atoms with E-state index in [1.807, 2.05) is 32.0 Å². The number of amides is 1. The molecule has 1 atom stereocenters. The Bertz CT molecular complexity index is 1480. The third kappa shape index (κ3) is 5.89. The van der Waals surface area contributed by atoms with Crippen molar-refractivity contribution in [3.63, 3.8) is 0 Å². The number of nitrogens with zero attached hydrogens (tertiary/aromatic N) is 1. The molecule has 1 N–H and O–H groups in total. The standard InChI is InChI=1S/C28H28N2O6S/c1-5-20(26(32)30-28-29-17(4)25(37-28)27(33)34-15-16(2)3)35-24-22(31)19-13-9-10-14-21(19)36-23(24)18-11-7-6-8-12-18/h6-14,16,20H,5,15H2,1-4H3,(H,29,30,32). The molecule has 2 aromatic carbocycles. The molecule has 2 heterocycles. The molecule has 0 bridgehead atoms. The van der Waals surface area contributed by atoms with E-state index in [4.69, 9.17) is 13.9 Å². The molecule has 8 nitrogen and oxygen atoms in total. The largest absolute Gasteiger partial charge is 0.473 e. The maximum absolute atomic E-state index is 13.4. The average molecular weight is 521 g/mol. The van der Waals surface area contributed by atoms with E-state index < -0.39 is 18.0 Å². The molecule has 0 spiro atoms. The quantitative estimate of drug-likeness (QED) is 0.277. The molecule has 1 amide bonds. The highest BCUT2D eigenvalue weighted by Gasteiger charge is 2.26. The molecule has 0 aliphatic rings. The smallest absolute Gasteiger partial charge is 0.350 e. The first-order chi connectivity index (χ1) is 17.8. The summed E-state index contributed by atoms with van der Waals surface area (Å²) in [6, 6.07) is 16.0. The van der Waals surface area contributed by atoms with Crippen LogP contribution in [-0.4, -0.2) is 29.6 Å². The van der Waals surface area contributed by atoms with Crippen molar-refractivity contribution in [2.45, 2.75) is 40.2 Å². The van der Waals surface area contributed by atoms with Crippen LogP contribution in [0.4, 0.5) is 5.13 Å². The Balaban J connectivity index is 1.61. The second kappa shape index (κ2) is 11.4. The monoisotopic (exact) mass is 520 g/mol. The molecule has 0 aliphatic heterocycles. The van der Waals surface area contributed by atoms with Crippen LogP contribution >= 0.6 is 11.3 Å². The Morgan fingerprint density at radius 3 is 2.49 bits per heavy atom. The first-order valence-electron chi connectivity index (χ1n) is 12.0. The number of aromatic nitrogens is 1. The summed E-state index contributed by atoms with van der Waals surface area (Å²) in [4.78, 5) is 43.6. The van der Waals surface area contributed by atoms with Crippen LogP contribution in [0.25, 0.3) is 22.3 Å². The second-order valence-electron chi connectivity index (χ2n) is 8.88. The number of benzene rings is 2. The van der Waals surface area contributed by atoms with Crippen molar-refractivity contribution >= 4 is 39.3 Å². The van der Waals surface area contributed by atoms with Gasteiger partial charge in [0.05, 0.1) is 17.7 Å². The Labute approximate surface area is 218 Å². The molecular formula is C28H28N2O6S. The van der Waals surface area contributed by atoms with Crippen LogP contribution in [0.3, 0.4) is 0 Å². The fraction of sp³-hybridized carbons (Fsp3) is 0.286. The van der Waals surface area contributed by atoms with E-state index in [2.05, 4.69) is 10.3 Å². The highest BCUT2D eigenvalue weighted by molar-refractivity contribution is 7.17. The zero-order chi connectivity index (χ0) is 26.5. The number of esters is 1. The molecule has 4 rings (SSSR count). The van der Waals surface area contributed by atoms with E-state index in [1.165, 1.54) is 0 Å². The number of para-hydroxylation sites is 1. The van der Waals surface area contributed by atoms with Gasteiger partial charge in [-0.05, 0) is 31.4 Å². The van der Waals surface area contributed by atoms with Gasteiger partial charge in [-0.25, -0.2) is 9.78 Å². The zero-order valence-corrected chi connectivity index (χ0v) is 21.9. The summed E-state index contributed by atoms with van der Waals surface area (Å²) in [6.45, 7) is 7.64. The normalized spacial score (nSPS) is 11.9. The molecular weight excluding hydrogens is 492 g/mol. The lowest BCUT2D eigenvalue weighted by Gasteiger charge is -2.18. The topological polar surface area (TPSA) is 108 Å². The van der Waals surface area contributed by atoms with Gasteiger partial charge in [-0.3, -0.25) is 14.9 Å². The van der Waals surface area contributed by atoms with Gasteiger partial charge in [0, 0.05) is 5.56 Å². The Morgan fingerprint density at radius 1 is 1.08 bits per heavy atom. The molecule has 2 aromatic heterocycles.